The van der Waals surface area contributed by atoms with Crippen molar-refractivity contribution in [2.24, 2.45) is 0 Å². The first-order valence-electron chi connectivity index (χ1n) is 6.48. The van der Waals surface area contributed by atoms with Crippen molar-refractivity contribution in [3.63, 3.8) is 0 Å². The van der Waals surface area contributed by atoms with Crippen LogP contribution in [-0.2, 0) is 11.3 Å². The summed E-state index contributed by atoms with van der Waals surface area (Å²) in [5.41, 5.74) is 2.40. The van der Waals surface area contributed by atoms with Crippen molar-refractivity contribution >= 4 is 0 Å². The zero-order valence-electron chi connectivity index (χ0n) is 10.8. The summed E-state index contributed by atoms with van der Waals surface area (Å²) in [5.74, 6) is 0. The fraction of sp³-hybridized carbons (Fsp3) is 0.643. The second-order valence-electron chi connectivity index (χ2n) is 4.81. The van der Waals surface area contributed by atoms with Crippen LogP contribution in [0.1, 0.15) is 36.9 Å². The second kappa shape index (κ2) is 6.12. The molecule has 94 valence electrons. The number of rotatable bonds is 4. The highest BCUT2D eigenvalue weighted by Crippen LogP contribution is 2.21. The van der Waals surface area contributed by atoms with E-state index < -0.39 is 0 Å². The number of hydrogen-bond donors (Lipinski definition) is 1. The van der Waals surface area contributed by atoms with Gasteiger partial charge in [0.2, 0.25) is 0 Å². The Hall–Kier alpha value is -0.930. The van der Waals surface area contributed by atoms with Gasteiger partial charge >= 0.3 is 0 Å². The number of nitrogens with one attached hydrogen (secondary N) is 1. The summed E-state index contributed by atoms with van der Waals surface area (Å²) in [6, 6.07) is 4.57. The maximum absolute atomic E-state index is 5.54. The molecular formula is C14H22N2O. The molecule has 1 aromatic rings. The van der Waals surface area contributed by atoms with Crippen molar-refractivity contribution in [3.8, 4) is 0 Å². The van der Waals surface area contributed by atoms with Crippen molar-refractivity contribution in [2.75, 3.05) is 7.11 Å². The highest BCUT2D eigenvalue weighted by atomic mass is 16.5. The normalized spacial score (nSPS) is 24.8. The molecule has 2 atom stereocenters. The first-order valence-corrected chi connectivity index (χ1v) is 6.48. The third-order valence-electron chi connectivity index (χ3n) is 3.65. The van der Waals surface area contributed by atoms with Gasteiger partial charge in [-0.25, -0.2) is 0 Å². The minimum absolute atomic E-state index is 0.368. The molecule has 1 aromatic heterocycles. The van der Waals surface area contributed by atoms with Crippen molar-refractivity contribution in [1.82, 2.24) is 10.3 Å². The molecule has 3 heteroatoms. The van der Waals surface area contributed by atoms with E-state index in [1.165, 1.54) is 31.2 Å². The van der Waals surface area contributed by atoms with E-state index in [1.807, 2.05) is 19.4 Å². The first-order chi connectivity index (χ1) is 8.31. The fourth-order valence-electron chi connectivity index (χ4n) is 2.54. The Morgan fingerprint density at radius 2 is 2.24 bits per heavy atom. The average Bonchev–Trinajstić information content (AvgIpc) is 2.38. The van der Waals surface area contributed by atoms with Gasteiger partial charge in [-0.3, -0.25) is 4.98 Å². The maximum Gasteiger partial charge on any atom is 0.0724 e. The number of nitrogens with zero attached hydrogens (tertiary/aromatic N) is 1. The topological polar surface area (TPSA) is 34.1 Å². The van der Waals surface area contributed by atoms with Crippen LogP contribution in [0.3, 0.4) is 0 Å². The molecule has 0 radical (unpaired) electrons. The molecule has 3 nitrogen and oxygen atoms in total. The lowest BCUT2D eigenvalue weighted by atomic mass is 9.92. The molecule has 0 aliphatic heterocycles. The van der Waals surface area contributed by atoms with Gasteiger partial charge in [-0.15, -0.1) is 0 Å². The first kappa shape index (κ1) is 12.5. The van der Waals surface area contributed by atoms with E-state index in [9.17, 15) is 0 Å². The monoisotopic (exact) mass is 234 g/mol. The molecule has 1 saturated carbocycles. The van der Waals surface area contributed by atoms with Crippen molar-refractivity contribution in [2.45, 2.75) is 51.3 Å². The van der Waals surface area contributed by atoms with E-state index in [0.29, 0.717) is 12.1 Å². The van der Waals surface area contributed by atoms with Crippen LogP contribution in [0.5, 0.6) is 0 Å². The van der Waals surface area contributed by atoms with Crippen LogP contribution < -0.4 is 5.32 Å². The van der Waals surface area contributed by atoms with Crippen LogP contribution in [-0.4, -0.2) is 24.2 Å². The number of pyridine rings is 1. The molecule has 1 aliphatic rings. The number of aromatic nitrogens is 1. The molecule has 0 spiro atoms. The van der Waals surface area contributed by atoms with Crippen LogP contribution in [0.25, 0.3) is 0 Å². The molecule has 17 heavy (non-hydrogen) atoms. The van der Waals surface area contributed by atoms with E-state index >= 15 is 0 Å². The molecule has 0 saturated heterocycles. The summed E-state index contributed by atoms with van der Waals surface area (Å²) in [6.45, 7) is 2.95. The molecule has 0 bridgehead atoms. The second-order valence-corrected chi connectivity index (χ2v) is 4.81. The number of ether oxygens (including phenoxy) is 1. The molecular weight excluding hydrogens is 212 g/mol. The minimum atomic E-state index is 0.368. The number of methoxy groups -OCH3 is 1. The van der Waals surface area contributed by atoms with Gasteiger partial charge in [-0.05, 0) is 31.4 Å². The summed E-state index contributed by atoms with van der Waals surface area (Å²) in [6.07, 6.45) is 7.21. The van der Waals surface area contributed by atoms with Gasteiger partial charge in [0, 0.05) is 25.9 Å². The lowest BCUT2D eigenvalue weighted by Gasteiger charge is -2.31. The van der Waals surface area contributed by atoms with Crippen molar-refractivity contribution < 1.29 is 4.74 Å². The van der Waals surface area contributed by atoms with Gasteiger partial charge in [0.05, 0.1) is 11.8 Å². The molecule has 1 aliphatic carbocycles. The molecule has 0 aromatic carbocycles. The van der Waals surface area contributed by atoms with Crippen LogP contribution in [0.15, 0.2) is 18.3 Å². The summed E-state index contributed by atoms with van der Waals surface area (Å²) in [4.78, 5) is 4.41. The fourth-order valence-corrected chi connectivity index (χ4v) is 2.54. The Balaban J connectivity index is 1.90. The molecule has 1 N–H and O–H groups in total. The van der Waals surface area contributed by atoms with Crippen LogP contribution in [0.2, 0.25) is 0 Å². The largest absolute Gasteiger partial charge is 0.380 e. The predicted molar refractivity (Wildman–Crippen MR) is 68.9 cm³/mol. The molecule has 0 amide bonds. The van der Waals surface area contributed by atoms with Crippen LogP contribution >= 0.6 is 0 Å². The van der Waals surface area contributed by atoms with E-state index in [2.05, 4.69) is 23.3 Å². The van der Waals surface area contributed by atoms with Gasteiger partial charge in [-0.1, -0.05) is 18.9 Å². The van der Waals surface area contributed by atoms with Crippen molar-refractivity contribution in [1.29, 1.82) is 0 Å². The van der Waals surface area contributed by atoms with Crippen LogP contribution in [0, 0.1) is 6.92 Å². The molecule has 1 fully saturated rings. The van der Waals surface area contributed by atoms with Gasteiger partial charge < -0.3 is 10.1 Å². The van der Waals surface area contributed by atoms with Crippen molar-refractivity contribution in [3.05, 3.63) is 29.6 Å². The Labute approximate surface area is 104 Å². The van der Waals surface area contributed by atoms with E-state index in [4.69, 9.17) is 4.74 Å². The Bertz CT molecular complexity index is 354. The molecule has 1 heterocycles. The SMILES string of the molecule is COC1CCCCC1NCc1ncccc1C. The quantitative estimate of drug-likeness (QED) is 0.869. The zero-order chi connectivity index (χ0) is 12.1. The predicted octanol–water partition coefficient (Wildman–Crippen LogP) is 2.44. The Kier molecular flexibility index (Phi) is 4.51. The summed E-state index contributed by atoms with van der Waals surface area (Å²) in [5, 5.41) is 3.59. The van der Waals surface area contributed by atoms with E-state index in [1.54, 1.807) is 0 Å². The summed E-state index contributed by atoms with van der Waals surface area (Å²) < 4.78 is 5.54. The number of aryl methyl sites for hydroxylation is 1. The summed E-state index contributed by atoms with van der Waals surface area (Å²) >= 11 is 0. The average molecular weight is 234 g/mol. The Morgan fingerprint density at radius 3 is 3.00 bits per heavy atom. The van der Waals surface area contributed by atoms with Gasteiger partial charge in [0.15, 0.2) is 0 Å². The van der Waals surface area contributed by atoms with Gasteiger partial charge in [0.1, 0.15) is 0 Å². The van der Waals surface area contributed by atoms with Gasteiger partial charge in [0.25, 0.3) is 0 Å². The van der Waals surface area contributed by atoms with E-state index in [-0.39, 0.29) is 0 Å². The molecule has 2 unspecified atom stereocenters. The Morgan fingerprint density at radius 1 is 1.41 bits per heavy atom. The highest BCUT2D eigenvalue weighted by molar-refractivity contribution is 5.17. The summed E-state index contributed by atoms with van der Waals surface area (Å²) in [7, 11) is 1.82. The van der Waals surface area contributed by atoms with Crippen LogP contribution in [0.4, 0.5) is 0 Å². The zero-order valence-corrected chi connectivity index (χ0v) is 10.8. The lowest BCUT2D eigenvalue weighted by molar-refractivity contribution is 0.0411. The standard InChI is InChI=1S/C14H22N2O/c1-11-6-5-9-15-13(11)10-16-12-7-3-4-8-14(12)17-2/h5-6,9,12,14,16H,3-4,7-8,10H2,1-2H3. The third-order valence-corrected chi connectivity index (χ3v) is 3.65. The lowest BCUT2D eigenvalue weighted by Crippen LogP contribution is -2.42. The van der Waals surface area contributed by atoms with E-state index in [0.717, 1.165) is 12.2 Å². The third kappa shape index (κ3) is 3.27. The maximum atomic E-state index is 5.54. The number of hydrogen-bond acceptors (Lipinski definition) is 3. The van der Waals surface area contributed by atoms with Gasteiger partial charge in [-0.2, -0.15) is 0 Å². The molecule has 2 rings (SSSR count). The minimum Gasteiger partial charge on any atom is -0.380 e. The smallest absolute Gasteiger partial charge is 0.0724 e. The highest BCUT2D eigenvalue weighted by Gasteiger charge is 2.24.